The molecule has 1 fully saturated rings. The molecule has 156 valence electrons. The highest BCUT2D eigenvalue weighted by atomic mass is 16.5. The van der Waals surface area contributed by atoms with Crippen molar-refractivity contribution >= 4 is 23.3 Å². The summed E-state index contributed by atoms with van der Waals surface area (Å²) in [6.45, 7) is 3.51. The van der Waals surface area contributed by atoms with E-state index in [1.54, 1.807) is 31.4 Å². The van der Waals surface area contributed by atoms with E-state index in [1.165, 1.54) is 12.0 Å². The molecule has 30 heavy (non-hydrogen) atoms. The maximum Gasteiger partial charge on any atom is 0.289 e. The third kappa shape index (κ3) is 4.49. The van der Waals surface area contributed by atoms with Gasteiger partial charge in [0.15, 0.2) is 0 Å². The summed E-state index contributed by atoms with van der Waals surface area (Å²) < 4.78 is 5.27. The Kier molecular flexibility index (Phi) is 6.47. The maximum absolute atomic E-state index is 12.6. The number of anilines is 2. The highest BCUT2D eigenvalue weighted by Gasteiger charge is 2.21. The summed E-state index contributed by atoms with van der Waals surface area (Å²) in [5.41, 5.74) is 1.84. The molecule has 0 atom stereocenters. The molecular weight excluding hydrogens is 384 g/mol. The Morgan fingerprint density at radius 2 is 2.07 bits per heavy atom. The van der Waals surface area contributed by atoms with Crippen LogP contribution in [0.25, 0.3) is 0 Å². The first-order chi connectivity index (χ1) is 14.4. The molecule has 9 nitrogen and oxygen atoms in total. The van der Waals surface area contributed by atoms with Crippen LogP contribution in [0.3, 0.4) is 0 Å². The van der Waals surface area contributed by atoms with Crippen molar-refractivity contribution in [1.82, 2.24) is 15.3 Å². The molecule has 1 aliphatic rings. The van der Waals surface area contributed by atoms with Gasteiger partial charge in [0.2, 0.25) is 11.7 Å². The second-order valence-corrected chi connectivity index (χ2v) is 7.03. The highest BCUT2D eigenvalue weighted by Crippen LogP contribution is 2.28. The lowest BCUT2D eigenvalue weighted by Crippen LogP contribution is -2.39. The SMILES string of the molecule is COc1cc(C#N)ccc1N(C)C(=O)CNC(=O)c1ncc(C)c(N2CCCC2)n1. The number of likely N-dealkylation sites (N-methyl/N-ethyl adjacent to an activating group) is 1. The Balaban J connectivity index is 1.67. The van der Waals surface area contributed by atoms with E-state index >= 15 is 0 Å². The molecule has 3 rings (SSSR count). The van der Waals surface area contributed by atoms with Gasteiger partial charge >= 0.3 is 0 Å². The van der Waals surface area contributed by atoms with Crippen molar-refractivity contribution in [2.75, 3.05) is 43.6 Å². The van der Waals surface area contributed by atoms with Gasteiger partial charge in [0.1, 0.15) is 11.6 Å². The largest absolute Gasteiger partial charge is 0.495 e. The zero-order valence-corrected chi connectivity index (χ0v) is 17.3. The summed E-state index contributed by atoms with van der Waals surface area (Å²) in [6, 6.07) is 6.80. The zero-order chi connectivity index (χ0) is 21.7. The maximum atomic E-state index is 12.6. The van der Waals surface area contributed by atoms with Crippen molar-refractivity contribution in [3.05, 3.63) is 41.3 Å². The Morgan fingerprint density at radius 3 is 2.73 bits per heavy atom. The number of hydrogen-bond donors (Lipinski definition) is 1. The van der Waals surface area contributed by atoms with Gasteiger partial charge in [-0.2, -0.15) is 5.26 Å². The summed E-state index contributed by atoms with van der Waals surface area (Å²) in [7, 11) is 3.04. The minimum atomic E-state index is -0.510. The predicted molar refractivity (Wildman–Crippen MR) is 112 cm³/mol. The normalized spacial score (nSPS) is 12.9. The summed E-state index contributed by atoms with van der Waals surface area (Å²) in [6.07, 6.45) is 3.83. The number of rotatable bonds is 6. The molecule has 1 saturated heterocycles. The van der Waals surface area contributed by atoms with Crippen molar-refractivity contribution in [2.24, 2.45) is 0 Å². The third-order valence-electron chi connectivity index (χ3n) is 5.00. The van der Waals surface area contributed by atoms with Gasteiger partial charge in [-0.3, -0.25) is 9.59 Å². The van der Waals surface area contributed by atoms with Gasteiger partial charge in [-0.25, -0.2) is 9.97 Å². The molecule has 1 aliphatic heterocycles. The van der Waals surface area contributed by atoms with E-state index in [2.05, 4.69) is 20.2 Å². The number of nitrogens with one attached hydrogen (secondary N) is 1. The summed E-state index contributed by atoms with van der Waals surface area (Å²) in [4.78, 5) is 37.1. The lowest BCUT2D eigenvalue weighted by Gasteiger charge is -2.20. The van der Waals surface area contributed by atoms with E-state index in [9.17, 15) is 9.59 Å². The van der Waals surface area contributed by atoms with Gasteiger partial charge in [-0.05, 0) is 31.9 Å². The van der Waals surface area contributed by atoms with Crippen LogP contribution in [0.5, 0.6) is 5.75 Å². The van der Waals surface area contributed by atoms with E-state index in [0.717, 1.165) is 37.3 Å². The lowest BCUT2D eigenvalue weighted by atomic mass is 10.2. The topological polar surface area (TPSA) is 111 Å². The van der Waals surface area contributed by atoms with Crippen LogP contribution < -0.4 is 19.9 Å². The average molecular weight is 408 g/mol. The van der Waals surface area contributed by atoms with E-state index < -0.39 is 5.91 Å². The van der Waals surface area contributed by atoms with Crippen LogP contribution in [0, 0.1) is 18.3 Å². The number of nitrogens with zero attached hydrogens (tertiary/aromatic N) is 5. The Labute approximate surface area is 175 Å². The fourth-order valence-electron chi connectivity index (χ4n) is 3.30. The number of carbonyl (C=O) groups is 2. The molecule has 1 aromatic heterocycles. The van der Waals surface area contributed by atoms with E-state index in [0.29, 0.717) is 17.0 Å². The van der Waals surface area contributed by atoms with Crippen LogP contribution in [-0.4, -0.2) is 55.6 Å². The second kappa shape index (κ2) is 9.22. The van der Waals surface area contributed by atoms with Crippen molar-refractivity contribution in [3.63, 3.8) is 0 Å². The first-order valence-corrected chi connectivity index (χ1v) is 9.66. The van der Waals surface area contributed by atoms with Gasteiger partial charge in [-0.15, -0.1) is 0 Å². The molecule has 9 heteroatoms. The monoisotopic (exact) mass is 408 g/mol. The molecule has 2 aromatic rings. The van der Waals surface area contributed by atoms with Crippen LogP contribution in [0.15, 0.2) is 24.4 Å². The summed E-state index contributed by atoms with van der Waals surface area (Å²) in [5.74, 6) is 0.336. The first kappa shape index (κ1) is 21.0. The number of ether oxygens (including phenoxy) is 1. The van der Waals surface area contributed by atoms with Gasteiger partial charge in [0.25, 0.3) is 5.91 Å². The van der Waals surface area contributed by atoms with Gasteiger partial charge in [0, 0.05) is 38.0 Å². The van der Waals surface area contributed by atoms with Crippen molar-refractivity contribution in [2.45, 2.75) is 19.8 Å². The molecule has 0 unspecified atom stereocenters. The van der Waals surface area contributed by atoms with E-state index in [4.69, 9.17) is 10.00 Å². The van der Waals surface area contributed by atoms with Crippen molar-refractivity contribution in [3.8, 4) is 11.8 Å². The van der Waals surface area contributed by atoms with Crippen LogP contribution in [-0.2, 0) is 4.79 Å². The number of carbonyl (C=O) groups excluding carboxylic acids is 2. The fourth-order valence-corrected chi connectivity index (χ4v) is 3.30. The molecule has 0 saturated carbocycles. The Bertz CT molecular complexity index is 995. The van der Waals surface area contributed by atoms with E-state index in [-0.39, 0.29) is 18.3 Å². The molecule has 0 bridgehead atoms. The van der Waals surface area contributed by atoms with Crippen molar-refractivity contribution < 1.29 is 14.3 Å². The third-order valence-corrected chi connectivity index (χ3v) is 5.00. The van der Waals surface area contributed by atoms with Gasteiger partial charge in [-0.1, -0.05) is 0 Å². The number of amides is 2. The molecule has 0 radical (unpaired) electrons. The summed E-state index contributed by atoms with van der Waals surface area (Å²) in [5, 5.41) is 11.6. The molecule has 1 aromatic carbocycles. The highest BCUT2D eigenvalue weighted by molar-refractivity contribution is 5.99. The second-order valence-electron chi connectivity index (χ2n) is 7.03. The minimum absolute atomic E-state index is 0.0360. The number of hydrogen-bond acceptors (Lipinski definition) is 7. The molecule has 0 aliphatic carbocycles. The number of benzene rings is 1. The first-order valence-electron chi connectivity index (χ1n) is 9.66. The number of aromatic nitrogens is 2. The van der Waals surface area contributed by atoms with Gasteiger partial charge < -0.3 is 19.9 Å². The van der Waals surface area contributed by atoms with Crippen molar-refractivity contribution in [1.29, 1.82) is 5.26 Å². The van der Waals surface area contributed by atoms with Crippen LogP contribution in [0.4, 0.5) is 11.5 Å². The quantitative estimate of drug-likeness (QED) is 0.774. The average Bonchev–Trinajstić information content (AvgIpc) is 3.31. The number of methoxy groups -OCH3 is 1. The minimum Gasteiger partial charge on any atom is -0.495 e. The summed E-state index contributed by atoms with van der Waals surface area (Å²) >= 11 is 0. The molecule has 1 N–H and O–H groups in total. The number of nitriles is 1. The molecule has 0 spiro atoms. The molecule has 2 heterocycles. The van der Waals surface area contributed by atoms with Crippen LogP contribution in [0.2, 0.25) is 0 Å². The zero-order valence-electron chi connectivity index (χ0n) is 17.3. The smallest absolute Gasteiger partial charge is 0.289 e. The van der Waals surface area contributed by atoms with E-state index in [1.807, 2.05) is 13.0 Å². The van der Waals surface area contributed by atoms with Crippen LogP contribution in [0.1, 0.15) is 34.6 Å². The van der Waals surface area contributed by atoms with Gasteiger partial charge in [0.05, 0.1) is 31.0 Å². The standard InChI is InChI=1S/C21H24N6O3/c1-14-12-23-19(25-20(14)27-8-4-5-9-27)21(29)24-13-18(28)26(2)16-7-6-15(11-22)10-17(16)30-3/h6-7,10,12H,4-5,8-9,13H2,1-3H3,(H,24,29). The number of aryl methyl sites for hydroxylation is 1. The molecule has 2 amide bonds. The Morgan fingerprint density at radius 1 is 1.33 bits per heavy atom. The molecular formula is C21H24N6O3. The predicted octanol–water partition coefficient (Wildman–Crippen LogP) is 1.66. The van der Waals surface area contributed by atoms with Crippen LogP contribution >= 0.6 is 0 Å². The lowest BCUT2D eigenvalue weighted by molar-refractivity contribution is -0.117. The fraction of sp³-hybridized carbons (Fsp3) is 0.381. The Hall–Kier alpha value is -3.67.